The quantitative estimate of drug-likeness (QED) is 0.524. The SMILES string of the molecule is COc1cn(C(C=O)Cc2ccccc2Cl)c(=O)cc1-c1cc(Cl)ccc1C. The maximum absolute atomic E-state index is 12.8. The van der Waals surface area contributed by atoms with Crippen LogP contribution in [0.15, 0.2) is 59.5 Å². The van der Waals surface area contributed by atoms with Gasteiger partial charge in [0.05, 0.1) is 19.3 Å². The number of ether oxygens (including phenoxy) is 1. The molecule has 0 spiro atoms. The van der Waals surface area contributed by atoms with Crippen LogP contribution in [0.5, 0.6) is 5.75 Å². The van der Waals surface area contributed by atoms with Gasteiger partial charge in [-0.15, -0.1) is 0 Å². The van der Waals surface area contributed by atoms with Gasteiger partial charge in [-0.05, 0) is 41.8 Å². The minimum Gasteiger partial charge on any atom is -0.495 e. The van der Waals surface area contributed by atoms with E-state index in [2.05, 4.69) is 0 Å². The van der Waals surface area contributed by atoms with Crippen LogP contribution in [0.3, 0.4) is 0 Å². The molecule has 1 atom stereocenters. The summed E-state index contributed by atoms with van der Waals surface area (Å²) in [5.41, 5.74) is 2.89. The van der Waals surface area contributed by atoms with Gasteiger partial charge in [0, 0.05) is 28.1 Å². The molecule has 4 nitrogen and oxygen atoms in total. The Bertz CT molecular complexity index is 1080. The Labute approximate surface area is 173 Å². The number of pyridine rings is 1. The van der Waals surface area contributed by atoms with Crippen LogP contribution in [0.1, 0.15) is 17.2 Å². The predicted octanol–water partition coefficient (Wildman–Crippen LogP) is 5.12. The van der Waals surface area contributed by atoms with Crippen molar-refractivity contribution < 1.29 is 9.53 Å². The molecule has 0 bridgehead atoms. The number of halogens is 2. The third-order valence-corrected chi connectivity index (χ3v) is 5.26. The molecule has 0 fully saturated rings. The zero-order valence-corrected chi connectivity index (χ0v) is 17.0. The van der Waals surface area contributed by atoms with Crippen LogP contribution < -0.4 is 10.3 Å². The number of aromatic nitrogens is 1. The van der Waals surface area contributed by atoms with Crippen LogP contribution >= 0.6 is 23.2 Å². The number of nitrogens with zero attached hydrogens (tertiary/aromatic N) is 1. The standard InChI is InChI=1S/C22H19Cl2NO3/c1-14-7-8-16(23)10-18(14)19-11-22(27)25(12-21(19)28-2)17(13-26)9-15-5-3-4-6-20(15)24/h3-8,10-13,17H,9H2,1-2H3. The fraction of sp³-hybridized carbons (Fsp3) is 0.182. The van der Waals surface area contributed by atoms with Crippen molar-refractivity contribution in [1.82, 2.24) is 4.57 Å². The van der Waals surface area contributed by atoms with Crippen LogP contribution in [-0.2, 0) is 11.2 Å². The van der Waals surface area contributed by atoms with Gasteiger partial charge in [-0.1, -0.05) is 47.5 Å². The van der Waals surface area contributed by atoms with Crippen molar-refractivity contribution in [2.24, 2.45) is 0 Å². The molecule has 0 radical (unpaired) electrons. The zero-order valence-electron chi connectivity index (χ0n) is 15.5. The van der Waals surface area contributed by atoms with Crippen LogP contribution in [-0.4, -0.2) is 18.0 Å². The summed E-state index contributed by atoms with van der Waals surface area (Å²) >= 11 is 12.3. The minimum absolute atomic E-state index is 0.306. The molecule has 0 aliphatic carbocycles. The highest BCUT2D eigenvalue weighted by atomic mass is 35.5. The van der Waals surface area contributed by atoms with Crippen molar-refractivity contribution >= 4 is 29.5 Å². The Kier molecular flexibility index (Phi) is 6.22. The Morgan fingerprint density at radius 1 is 1.11 bits per heavy atom. The molecule has 0 aliphatic rings. The number of methoxy groups -OCH3 is 1. The van der Waals surface area contributed by atoms with Crippen molar-refractivity contribution in [3.63, 3.8) is 0 Å². The monoisotopic (exact) mass is 415 g/mol. The summed E-state index contributed by atoms with van der Waals surface area (Å²) in [6.07, 6.45) is 2.62. The second-order valence-corrected chi connectivity index (χ2v) is 7.30. The smallest absolute Gasteiger partial charge is 0.252 e. The van der Waals surface area contributed by atoms with Gasteiger partial charge in [-0.3, -0.25) is 4.79 Å². The molecule has 0 saturated heterocycles. The molecular formula is C22H19Cl2NO3. The Morgan fingerprint density at radius 3 is 2.54 bits per heavy atom. The third kappa shape index (κ3) is 4.13. The number of benzene rings is 2. The Balaban J connectivity index is 2.08. The number of hydrogen-bond acceptors (Lipinski definition) is 3. The number of carbonyl (C=O) groups is 1. The van der Waals surface area contributed by atoms with Crippen LogP contribution in [0.2, 0.25) is 10.0 Å². The first-order valence-electron chi connectivity index (χ1n) is 8.70. The number of hydrogen-bond donors (Lipinski definition) is 0. The van der Waals surface area contributed by atoms with Gasteiger partial charge in [0.25, 0.3) is 5.56 Å². The predicted molar refractivity (Wildman–Crippen MR) is 113 cm³/mol. The van der Waals surface area contributed by atoms with Gasteiger partial charge >= 0.3 is 0 Å². The summed E-state index contributed by atoms with van der Waals surface area (Å²) in [4.78, 5) is 24.6. The third-order valence-electron chi connectivity index (χ3n) is 4.66. The van der Waals surface area contributed by atoms with E-state index in [9.17, 15) is 9.59 Å². The highest BCUT2D eigenvalue weighted by Gasteiger charge is 2.18. The lowest BCUT2D eigenvalue weighted by Gasteiger charge is -2.18. The second-order valence-electron chi connectivity index (χ2n) is 6.46. The average molecular weight is 416 g/mol. The molecule has 144 valence electrons. The lowest BCUT2D eigenvalue weighted by atomic mass is 10.0. The van der Waals surface area contributed by atoms with E-state index in [0.29, 0.717) is 27.8 Å². The van der Waals surface area contributed by atoms with Crippen molar-refractivity contribution in [3.05, 3.63) is 86.3 Å². The van der Waals surface area contributed by atoms with E-state index in [1.54, 1.807) is 24.4 Å². The van der Waals surface area contributed by atoms with Crippen molar-refractivity contribution in [1.29, 1.82) is 0 Å². The van der Waals surface area contributed by atoms with Crippen LogP contribution in [0.4, 0.5) is 0 Å². The fourth-order valence-electron chi connectivity index (χ4n) is 3.15. The van der Waals surface area contributed by atoms with E-state index in [1.807, 2.05) is 31.2 Å². The first-order chi connectivity index (χ1) is 13.4. The molecule has 0 N–H and O–H groups in total. The van der Waals surface area contributed by atoms with E-state index >= 15 is 0 Å². The van der Waals surface area contributed by atoms with Crippen molar-refractivity contribution in [3.8, 4) is 16.9 Å². The zero-order chi connectivity index (χ0) is 20.3. The summed E-state index contributed by atoms with van der Waals surface area (Å²) in [7, 11) is 1.53. The Hall–Kier alpha value is -2.56. The van der Waals surface area contributed by atoms with Gasteiger partial charge in [0.1, 0.15) is 12.0 Å². The molecule has 0 saturated carbocycles. The Morgan fingerprint density at radius 2 is 1.86 bits per heavy atom. The van der Waals surface area contributed by atoms with Gasteiger partial charge in [0.2, 0.25) is 0 Å². The average Bonchev–Trinajstić information content (AvgIpc) is 2.69. The maximum Gasteiger partial charge on any atom is 0.252 e. The first kappa shape index (κ1) is 20.2. The van der Waals surface area contributed by atoms with E-state index < -0.39 is 6.04 Å². The summed E-state index contributed by atoms with van der Waals surface area (Å²) in [5, 5.41) is 1.12. The van der Waals surface area contributed by atoms with Gasteiger partial charge in [0.15, 0.2) is 0 Å². The molecular weight excluding hydrogens is 397 g/mol. The summed E-state index contributed by atoms with van der Waals surface area (Å²) in [6.45, 7) is 1.93. The molecule has 1 aromatic heterocycles. The highest BCUT2D eigenvalue weighted by Crippen LogP contribution is 2.33. The van der Waals surface area contributed by atoms with E-state index in [0.717, 1.165) is 23.0 Å². The summed E-state index contributed by atoms with van der Waals surface area (Å²) < 4.78 is 6.89. The molecule has 3 aromatic rings. The van der Waals surface area contributed by atoms with Gasteiger partial charge < -0.3 is 14.1 Å². The van der Waals surface area contributed by atoms with E-state index in [4.69, 9.17) is 27.9 Å². The molecule has 0 amide bonds. The van der Waals surface area contributed by atoms with Crippen LogP contribution in [0.25, 0.3) is 11.1 Å². The molecule has 0 aliphatic heterocycles. The molecule has 1 unspecified atom stereocenters. The largest absolute Gasteiger partial charge is 0.495 e. The fourth-order valence-corrected chi connectivity index (χ4v) is 3.53. The van der Waals surface area contributed by atoms with E-state index in [1.165, 1.54) is 17.7 Å². The topological polar surface area (TPSA) is 48.3 Å². The minimum atomic E-state index is -0.698. The van der Waals surface area contributed by atoms with Gasteiger partial charge in [-0.25, -0.2) is 0 Å². The molecule has 2 aromatic carbocycles. The first-order valence-corrected chi connectivity index (χ1v) is 9.45. The number of rotatable bonds is 6. The second kappa shape index (κ2) is 8.63. The lowest BCUT2D eigenvalue weighted by molar-refractivity contribution is -0.110. The number of aldehydes is 1. The molecule has 3 rings (SSSR count). The highest BCUT2D eigenvalue weighted by molar-refractivity contribution is 6.31. The van der Waals surface area contributed by atoms with Crippen molar-refractivity contribution in [2.45, 2.75) is 19.4 Å². The molecule has 1 heterocycles. The summed E-state index contributed by atoms with van der Waals surface area (Å²) in [6, 6.07) is 13.5. The lowest BCUT2D eigenvalue weighted by Crippen LogP contribution is -2.26. The summed E-state index contributed by atoms with van der Waals surface area (Å²) in [5.74, 6) is 0.482. The number of aryl methyl sites for hydroxylation is 1. The number of carbonyl (C=O) groups excluding carboxylic acids is 1. The van der Waals surface area contributed by atoms with Crippen LogP contribution in [0, 0.1) is 6.92 Å². The molecule has 6 heteroatoms. The van der Waals surface area contributed by atoms with E-state index in [-0.39, 0.29) is 5.56 Å². The molecule has 28 heavy (non-hydrogen) atoms. The van der Waals surface area contributed by atoms with Gasteiger partial charge in [-0.2, -0.15) is 0 Å². The normalized spacial score (nSPS) is 11.9. The maximum atomic E-state index is 12.8. The van der Waals surface area contributed by atoms with Crippen molar-refractivity contribution in [2.75, 3.05) is 7.11 Å².